The number of fused-ring (bicyclic) bond motifs is 1. The summed E-state index contributed by atoms with van der Waals surface area (Å²) in [5.41, 5.74) is 1.07. The lowest BCUT2D eigenvalue weighted by Crippen LogP contribution is -2.08. The van der Waals surface area contributed by atoms with Crippen molar-refractivity contribution in [1.82, 2.24) is 4.98 Å². The van der Waals surface area contributed by atoms with Crippen LogP contribution in [0.3, 0.4) is 0 Å². The summed E-state index contributed by atoms with van der Waals surface area (Å²) in [5, 5.41) is 10.2. The molecule has 5 heteroatoms. The topological polar surface area (TPSA) is 42.4 Å². The Morgan fingerprint density at radius 2 is 1.79 bits per heavy atom. The van der Waals surface area contributed by atoms with Gasteiger partial charge in [-0.05, 0) is 38.1 Å². The summed E-state index contributed by atoms with van der Waals surface area (Å²) in [6.45, 7) is 3.29. The summed E-state index contributed by atoms with van der Waals surface area (Å²) in [4.78, 5) is 4.24. The van der Waals surface area contributed by atoms with E-state index in [2.05, 4.69) is 4.98 Å². The molecule has 0 aliphatic heterocycles. The summed E-state index contributed by atoms with van der Waals surface area (Å²) < 4.78 is 33.7. The molecule has 0 aliphatic rings. The monoisotopic (exact) mass is 329 g/mol. The maximum Gasteiger partial charge on any atom is 0.149 e. The summed E-state index contributed by atoms with van der Waals surface area (Å²) in [6, 6.07) is 10.9. The zero-order chi connectivity index (χ0) is 17.3. The van der Waals surface area contributed by atoms with E-state index in [-0.39, 0.29) is 11.9 Å². The van der Waals surface area contributed by atoms with Gasteiger partial charge in [0.25, 0.3) is 0 Å². The van der Waals surface area contributed by atoms with Gasteiger partial charge in [0.05, 0.1) is 11.8 Å². The maximum absolute atomic E-state index is 14.1. The molecule has 1 unspecified atom stereocenters. The van der Waals surface area contributed by atoms with Crippen LogP contribution in [0.5, 0.6) is 11.5 Å². The average molecular weight is 329 g/mol. The van der Waals surface area contributed by atoms with Gasteiger partial charge < -0.3 is 9.84 Å². The fraction of sp³-hybridized carbons (Fsp3) is 0.211. The van der Waals surface area contributed by atoms with Crippen LogP contribution >= 0.6 is 0 Å². The van der Waals surface area contributed by atoms with E-state index in [4.69, 9.17) is 4.74 Å². The van der Waals surface area contributed by atoms with Crippen molar-refractivity contribution in [3.8, 4) is 11.5 Å². The number of aliphatic hydroxyl groups excluding tert-OH is 1. The van der Waals surface area contributed by atoms with Gasteiger partial charge in [0.1, 0.15) is 28.7 Å². The molecule has 1 aromatic heterocycles. The minimum absolute atomic E-state index is 0.136. The number of rotatable bonds is 4. The number of hydrogen-bond acceptors (Lipinski definition) is 3. The number of aryl methyl sites for hydroxylation is 1. The fourth-order valence-electron chi connectivity index (χ4n) is 2.58. The zero-order valence-electron chi connectivity index (χ0n) is 13.4. The summed E-state index contributed by atoms with van der Waals surface area (Å²) in [6.07, 6.45) is -0.564. The first kappa shape index (κ1) is 16.3. The van der Waals surface area contributed by atoms with Crippen molar-refractivity contribution in [3.63, 3.8) is 0 Å². The van der Waals surface area contributed by atoms with E-state index in [9.17, 15) is 13.9 Å². The highest BCUT2D eigenvalue weighted by atomic mass is 19.1. The standard InChI is InChI=1S/C19H17F2NO2/c1-11(23)9-14-15(20)6-4-8-17(14)24-18-10-13-5-3-7-16(21)19(13)22-12(18)2/h3-8,10-11,23H,9H2,1-2H3. The predicted molar refractivity (Wildman–Crippen MR) is 88.3 cm³/mol. The Bertz CT molecular complexity index is 894. The van der Waals surface area contributed by atoms with E-state index in [0.717, 1.165) is 0 Å². The molecule has 3 nitrogen and oxygen atoms in total. The van der Waals surface area contributed by atoms with Crippen LogP contribution in [-0.2, 0) is 6.42 Å². The Morgan fingerprint density at radius 3 is 2.54 bits per heavy atom. The van der Waals surface area contributed by atoms with Crippen LogP contribution in [-0.4, -0.2) is 16.2 Å². The number of aliphatic hydroxyl groups is 1. The Balaban J connectivity index is 2.04. The number of para-hydroxylation sites is 1. The van der Waals surface area contributed by atoms with Gasteiger partial charge >= 0.3 is 0 Å². The molecule has 3 rings (SSSR count). The number of benzene rings is 2. The summed E-state index contributed by atoms with van der Waals surface area (Å²) in [7, 11) is 0. The molecule has 2 aromatic carbocycles. The molecule has 0 saturated heterocycles. The molecule has 24 heavy (non-hydrogen) atoms. The third kappa shape index (κ3) is 3.21. The second-order valence-electron chi connectivity index (χ2n) is 5.76. The van der Waals surface area contributed by atoms with Crippen molar-refractivity contribution in [2.75, 3.05) is 0 Å². The molecule has 124 valence electrons. The van der Waals surface area contributed by atoms with Crippen LogP contribution in [0.4, 0.5) is 8.78 Å². The summed E-state index contributed by atoms with van der Waals surface area (Å²) in [5.74, 6) is -0.101. The van der Waals surface area contributed by atoms with Gasteiger partial charge in [-0.2, -0.15) is 0 Å². The highest BCUT2D eigenvalue weighted by Crippen LogP contribution is 2.32. The highest BCUT2D eigenvalue weighted by molar-refractivity contribution is 5.81. The molecule has 0 spiro atoms. The van der Waals surface area contributed by atoms with Gasteiger partial charge in [-0.15, -0.1) is 0 Å². The molecule has 0 saturated carbocycles. The molecular weight excluding hydrogens is 312 g/mol. The van der Waals surface area contributed by atoms with Gasteiger partial charge in [-0.3, -0.25) is 0 Å². The van der Waals surface area contributed by atoms with Crippen molar-refractivity contribution >= 4 is 10.9 Å². The molecule has 0 fully saturated rings. The molecule has 1 heterocycles. The van der Waals surface area contributed by atoms with Crippen molar-refractivity contribution in [3.05, 3.63) is 65.4 Å². The first-order valence-electron chi connectivity index (χ1n) is 7.65. The van der Waals surface area contributed by atoms with Crippen molar-refractivity contribution in [2.24, 2.45) is 0 Å². The van der Waals surface area contributed by atoms with E-state index in [0.29, 0.717) is 28.1 Å². The van der Waals surface area contributed by atoms with Crippen LogP contribution in [0.25, 0.3) is 10.9 Å². The second-order valence-corrected chi connectivity index (χ2v) is 5.76. The lowest BCUT2D eigenvalue weighted by Gasteiger charge is -2.15. The summed E-state index contributed by atoms with van der Waals surface area (Å²) >= 11 is 0. The molecule has 1 N–H and O–H groups in total. The Kier molecular flexibility index (Phi) is 4.44. The number of aromatic nitrogens is 1. The lowest BCUT2D eigenvalue weighted by molar-refractivity contribution is 0.193. The van der Waals surface area contributed by atoms with Crippen molar-refractivity contribution < 1.29 is 18.6 Å². The molecule has 3 aromatic rings. The quantitative estimate of drug-likeness (QED) is 0.764. The smallest absolute Gasteiger partial charge is 0.149 e. The first-order valence-corrected chi connectivity index (χ1v) is 7.65. The van der Waals surface area contributed by atoms with E-state index < -0.39 is 17.7 Å². The van der Waals surface area contributed by atoms with Gasteiger partial charge in [0, 0.05) is 17.4 Å². The number of halogens is 2. The SMILES string of the molecule is Cc1nc2c(F)cccc2cc1Oc1cccc(F)c1CC(C)O. The molecular formula is C19H17F2NO2. The van der Waals surface area contributed by atoms with Gasteiger partial charge in [-0.25, -0.2) is 13.8 Å². The maximum atomic E-state index is 14.1. The Hall–Kier alpha value is -2.53. The largest absolute Gasteiger partial charge is 0.455 e. The molecule has 0 amide bonds. The molecule has 0 aliphatic carbocycles. The van der Waals surface area contributed by atoms with Crippen LogP contribution < -0.4 is 4.74 Å². The zero-order valence-corrected chi connectivity index (χ0v) is 13.4. The normalized spacial score (nSPS) is 12.4. The highest BCUT2D eigenvalue weighted by Gasteiger charge is 2.15. The number of hydrogen-bond donors (Lipinski definition) is 1. The van der Waals surface area contributed by atoms with Gasteiger partial charge in [0.15, 0.2) is 0 Å². The molecule has 1 atom stereocenters. The van der Waals surface area contributed by atoms with E-state index in [1.807, 2.05) is 0 Å². The van der Waals surface area contributed by atoms with Gasteiger partial charge in [0.2, 0.25) is 0 Å². The Morgan fingerprint density at radius 1 is 1.08 bits per heavy atom. The van der Waals surface area contributed by atoms with Crippen LogP contribution in [0.1, 0.15) is 18.2 Å². The minimum atomic E-state index is -0.700. The average Bonchev–Trinajstić information content (AvgIpc) is 2.52. The fourth-order valence-corrected chi connectivity index (χ4v) is 2.58. The van der Waals surface area contributed by atoms with E-state index >= 15 is 0 Å². The molecule has 0 radical (unpaired) electrons. The van der Waals surface area contributed by atoms with Crippen LogP contribution in [0, 0.1) is 18.6 Å². The lowest BCUT2D eigenvalue weighted by atomic mass is 10.1. The number of nitrogens with zero attached hydrogens (tertiary/aromatic N) is 1. The van der Waals surface area contributed by atoms with E-state index in [1.54, 1.807) is 44.2 Å². The second kappa shape index (κ2) is 6.53. The Labute approximate surface area is 138 Å². The predicted octanol–water partition coefficient (Wildman–Crippen LogP) is 4.54. The third-order valence-corrected chi connectivity index (χ3v) is 3.74. The first-order chi connectivity index (χ1) is 11.5. The van der Waals surface area contributed by atoms with Crippen molar-refractivity contribution in [2.45, 2.75) is 26.4 Å². The third-order valence-electron chi connectivity index (χ3n) is 3.74. The van der Waals surface area contributed by atoms with Crippen molar-refractivity contribution in [1.29, 1.82) is 0 Å². The van der Waals surface area contributed by atoms with Crippen LogP contribution in [0.2, 0.25) is 0 Å². The van der Waals surface area contributed by atoms with Crippen LogP contribution in [0.15, 0.2) is 42.5 Å². The van der Waals surface area contributed by atoms with E-state index in [1.165, 1.54) is 12.1 Å². The molecule has 0 bridgehead atoms. The number of pyridine rings is 1. The van der Waals surface area contributed by atoms with Gasteiger partial charge in [-0.1, -0.05) is 18.2 Å². The number of ether oxygens (including phenoxy) is 1. The minimum Gasteiger partial charge on any atom is -0.455 e.